The van der Waals surface area contributed by atoms with Gasteiger partial charge in [0.15, 0.2) is 23.8 Å². The first-order valence-electron chi connectivity index (χ1n) is 28.3. The Hall–Kier alpha value is -6.36. The lowest BCUT2D eigenvalue weighted by Crippen LogP contribution is -2.22. The van der Waals surface area contributed by atoms with Crippen LogP contribution in [0.25, 0.3) is 0 Å². The molecule has 28 nitrogen and oxygen atoms in total. The molecule has 6 aromatic rings. The zero-order valence-electron chi connectivity index (χ0n) is 52.3. The van der Waals surface area contributed by atoms with Gasteiger partial charge in [-0.2, -0.15) is 33.7 Å². The van der Waals surface area contributed by atoms with Gasteiger partial charge in [0.05, 0.1) is 119 Å². The molecule has 0 atom stereocenters. The maximum absolute atomic E-state index is 12.1. The highest BCUT2D eigenvalue weighted by Crippen LogP contribution is 2.30. The SMILES string of the molecule is CS(=O)(=O)OCCCOc1ccc(CN=C(N)N)cc1Br.CS(=O)(=O)OCCCOc1ccc(CN=C(N)N)cc1Br.Cc1ccc(S(=O)(=O)OCCCOc2ccc(CN=C(N)N)cc2Br)cc1.NC(N)=NCc1ccc(OCCCOS(=O)(=O)c2ccc(Br)cc2)c(Br)c1. The Morgan fingerprint density at radius 1 is 0.344 bits per heavy atom. The number of hydrogen-bond donors (Lipinski definition) is 8. The zero-order chi connectivity index (χ0) is 71.5. The van der Waals surface area contributed by atoms with Crippen LogP contribution in [0.5, 0.6) is 23.0 Å². The lowest BCUT2D eigenvalue weighted by atomic mass is 10.2. The zero-order valence-corrected chi connectivity index (χ0v) is 63.5. The fourth-order valence-corrected chi connectivity index (χ4v) is 12.1. The first-order valence-corrected chi connectivity index (χ1v) is 38.7. The summed E-state index contributed by atoms with van der Waals surface area (Å²) in [7, 11) is -14.3. The third-order valence-electron chi connectivity index (χ3n) is 11.4. The van der Waals surface area contributed by atoms with Crippen LogP contribution in [0.15, 0.2) is 173 Å². The normalized spacial score (nSPS) is 11.2. The summed E-state index contributed by atoms with van der Waals surface area (Å²) in [4.78, 5) is 16.0. The molecule has 0 fully saturated rings. The van der Waals surface area contributed by atoms with Crippen molar-refractivity contribution in [3.05, 3.63) is 172 Å². The molecule has 0 aromatic heterocycles. The monoisotopic (exact) mass is 1730 g/mol. The number of benzene rings is 6. The smallest absolute Gasteiger partial charge is 0.296 e. The first-order chi connectivity index (χ1) is 45.1. The van der Waals surface area contributed by atoms with Crippen LogP contribution in [0.3, 0.4) is 0 Å². The second-order valence-corrected chi connectivity index (χ2v) is 30.6. The topological polar surface area (TPSA) is 468 Å². The summed E-state index contributed by atoms with van der Waals surface area (Å²) < 4.78 is 137. The molecule has 0 aliphatic heterocycles. The number of nitrogens with two attached hydrogens (primary N) is 8. The molecule has 0 saturated carbocycles. The number of halogens is 5. The fourth-order valence-electron chi connectivity index (χ4n) is 6.93. The van der Waals surface area contributed by atoms with E-state index in [0.717, 1.165) is 62.7 Å². The largest absolute Gasteiger partial charge is 0.492 e. The van der Waals surface area contributed by atoms with E-state index in [1.807, 2.05) is 55.5 Å². The Bertz CT molecular complexity index is 3760. The summed E-state index contributed by atoms with van der Waals surface area (Å²) in [5.41, 5.74) is 47.0. The third kappa shape index (κ3) is 36.8. The molecule has 16 N–H and O–H groups in total. The van der Waals surface area contributed by atoms with Gasteiger partial charge in [-0.05, 0) is 178 Å². The van der Waals surface area contributed by atoms with Crippen LogP contribution in [-0.2, 0) is 83.4 Å². The number of nitrogens with zero attached hydrogens (tertiary/aromatic N) is 4. The maximum Gasteiger partial charge on any atom is 0.296 e. The van der Waals surface area contributed by atoms with Crippen molar-refractivity contribution in [1.82, 2.24) is 0 Å². The van der Waals surface area contributed by atoms with Gasteiger partial charge in [-0.3, -0.25) is 16.7 Å². The predicted octanol–water partition coefficient (Wildman–Crippen LogP) is 7.80. The second-order valence-electron chi connectivity index (χ2n) is 19.7. The van der Waals surface area contributed by atoms with Crippen molar-refractivity contribution in [2.75, 3.05) is 65.4 Å². The molecule has 0 amide bonds. The standard InChI is InChI=1S/C18H22BrN3O4S.C17H19Br2N3O4S.2C12H18BrN3O4S/c1-13-3-6-15(7-4-13)27(23,24)26-10-2-9-25-17-8-5-14(11-16(17)19)12-22-18(20)21;18-13-3-5-14(6-4-13)27(23,24)26-9-1-8-25-16-7-2-12(10-15(16)19)11-22-17(20)21;2*1-21(17,18)20-6-2-5-19-11-4-3-9(7-10(11)13)8-16-12(14)15/h3-8,11H,2,9-10,12H2,1H3,(H4,20,21,22);2-7,10H,1,8-9,11H2,(H4,20,21,22);2*3-4,7H,2,5-6,8H2,1H3,(H4,14,15,16). The molecular weight excluding hydrogens is 1660 g/mol. The van der Waals surface area contributed by atoms with Gasteiger partial charge in [-0.25, -0.2) is 20.0 Å². The van der Waals surface area contributed by atoms with Crippen molar-refractivity contribution < 1.29 is 69.4 Å². The van der Waals surface area contributed by atoms with E-state index < -0.39 is 40.5 Å². The van der Waals surface area contributed by atoms with Gasteiger partial charge in [0.2, 0.25) is 0 Å². The quantitative estimate of drug-likeness (QED) is 0.00826. The summed E-state index contributed by atoms with van der Waals surface area (Å²) in [6.07, 6.45) is 3.80. The summed E-state index contributed by atoms with van der Waals surface area (Å²) in [5.74, 6) is 2.74. The van der Waals surface area contributed by atoms with Gasteiger partial charge < -0.3 is 64.8 Å². The van der Waals surface area contributed by atoms with Gasteiger partial charge in [-0.15, -0.1) is 0 Å². The van der Waals surface area contributed by atoms with Crippen LogP contribution in [0.1, 0.15) is 53.5 Å². The van der Waals surface area contributed by atoms with Crippen LogP contribution in [-0.4, -0.2) is 123 Å². The summed E-state index contributed by atoms with van der Waals surface area (Å²) >= 11 is 16.9. The van der Waals surface area contributed by atoms with Crippen LogP contribution < -0.4 is 64.8 Å². The molecule has 0 unspecified atom stereocenters. The van der Waals surface area contributed by atoms with E-state index in [4.69, 9.17) is 73.2 Å². The third-order valence-corrected chi connectivity index (χ3v) is 18.3. The molecule has 37 heteroatoms. The molecule has 0 aliphatic carbocycles. The molecule has 0 radical (unpaired) electrons. The molecular formula is C59H77Br5N12O16S4. The van der Waals surface area contributed by atoms with Crippen LogP contribution in [0, 0.1) is 6.92 Å². The van der Waals surface area contributed by atoms with Crippen LogP contribution >= 0.6 is 79.6 Å². The molecule has 0 bridgehead atoms. The average molecular weight is 1740 g/mol. The molecule has 0 spiro atoms. The molecule has 96 heavy (non-hydrogen) atoms. The number of ether oxygens (including phenoxy) is 4. The van der Waals surface area contributed by atoms with E-state index in [9.17, 15) is 33.7 Å². The Kier molecular flexibility index (Phi) is 37.7. The highest BCUT2D eigenvalue weighted by Gasteiger charge is 2.17. The van der Waals surface area contributed by atoms with Crippen molar-refractivity contribution in [2.24, 2.45) is 65.8 Å². The lowest BCUT2D eigenvalue weighted by molar-refractivity contribution is 0.249. The van der Waals surface area contributed by atoms with Crippen molar-refractivity contribution in [2.45, 2.75) is 68.6 Å². The second kappa shape index (κ2) is 43.1. The Morgan fingerprint density at radius 2 is 0.583 bits per heavy atom. The predicted molar refractivity (Wildman–Crippen MR) is 388 cm³/mol. The fraction of sp³-hybridized carbons (Fsp3) is 0.322. The molecule has 6 aromatic carbocycles. The summed E-state index contributed by atoms with van der Waals surface area (Å²) in [6.45, 7) is 5.01. The van der Waals surface area contributed by atoms with E-state index in [-0.39, 0.29) is 60.1 Å². The minimum Gasteiger partial charge on any atom is -0.492 e. The molecule has 6 rings (SSSR count). The Morgan fingerprint density at radius 3 is 0.812 bits per heavy atom. The number of aryl methyl sites for hydroxylation is 1. The first kappa shape index (κ1) is 83.9. The summed E-state index contributed by atoms with van der Waals surface area (Å²) in [5, 5.41) is 0. The molecule has 0 aliphatic rings. The van der Waals surface area contributed by atoms with E-state index in [2.05, 4.69) is 108 Å². The van der Waals surface area contributed by atoms with Crippen molar-refractivity contribution in [3.8, 4) is 23.0 Å². The van der Waals surface area contributed by atoms with E-state index in [0.29, 0.717) is 101 Å². The maximum atomic E-state index is 12.1. The number of hydrogen-bond acceptors (Lipinski definition) is 20. The van der Waals surface area contributed by atoms with E-state index in [1.165, 1.54) is 24.3 Å². The average Bonchev–Trinajstić information content (AvgIpc) is 0.917. The lowest BCUT2D eigenvalue weighted by Gasteiger charge is -2.10. The van der Waals surface area contributed by atoms with Crippen molar-refractivity contribution in [1.29, 1.82) is 0 Å². The summed E-state index contributed by atoms with van der Waals surface area (Å²) in [6, 6.07) is 34.8. The van der Waals surface area contributed by atoms with Gasteiger partial charge in [0, 0.05) is 30.2 Å². The van der Waals surface area contributed by atoms with Crippen molar-refractivity contribution in [3.63, 3.8) is 0 Å². The molecule has 0 heterocycles. The van der Waals surface area contributed by atoms with Gasteiger partial charge in [-0.1, -0.05) is 57.9 Å². The van der Waals surface area contributed by atoms with Gasteiger partial charge in [0.25, 0.3) is 40.5 Å². The molecule has 0 saturated heterocycles. The molecule has 528 valence electrons. The highest BCUT2D eigenvalue weighted by molar-refractivity contribution is 9.11. The van der Waals surface area contributed by atoms with E-state index >= 15 is 0 Å². The van der Waals surface area contributed by atoms with Gasteiger partial charge in [0.1, 0.15) is 23.0 Å². The highest BCUT2D eigenvalue weighted by atomic mass is 79.9. The van der Waals surface area contributed by atoms with Crippen LogP contribution in [0.4, 0.5) is 0 Å². The minimum absolute atomic E-state index is 0.0264. The van der Waals surface area contributed by atoms with Crippen molar-refractivity contribution >= 4 is 144 Å². The number of rotatable bonds is 34. The Balaban J connectivity index is 0.000000336. The number of aliphatic imine (C=N–C) groups is 4. The minimum atomic E-state index is -3.77. The Labute approximate surface area is 602 Å². The van der Waals surface area contributed by atoms with E-state index in [1.54, 1.807) is 48.5 Å². The van der Waals surface area contributed by atoms with Crippen LogP contribution in [0.2, 0.25) is 0 Å². The van der Waals surface area contributed by atoms with Gasteiger partial charge >= 0.3 is 0 Å². The number of guanidine groups is 4.